The van der Waals surface area contributed by atoms with E-state index in [0.717, 1.165) is 30.4 Å². The highest BCUT2D eigenvalue weighted by Gasteiger charge is 2.31. The van der Waals surface area contributed by atoms with E-state index in [0.29, 0.717) is 13.1 Å². The van der Waals surface area contributed by atoms with Crippen molar-refractivity contribution in [1.82, 2.24) is 10.6 Å². The van der Waals surface area contributed by atoms with Crippen LogP contribution in [0.5, 0.6) is 0 Å². The maximum absolute atomic E-state index is 10.4. The molecule has 0 amide bonds. The Kier molecular flexibility index (Phi) is 6.36. The van der Waals surface area contributed by atoms with E-state index in [1.807, 2.05) is 11.8 Å². The van der Waals surface area contributed by atoms with Crippen molar-refractivity contribution in [2.24, 2.45) is 4.99 Å². The van der Waals surface area contributed by atoms with Gasteiger partial charge in [0.1, 0.15) is 0 Å². The van der Waals surface area contributed by atoms with Gasteiger partial charge < -0.3 is 15.7 Å². The number of rotatable bonds is 5. The number of aliphatic hydroxyl groups is 1. The molecule has 1 aromatic rings. The fourth-order valence-corrected chi connectivity index (χ4v) is 4.24. The fourth-order valence-electron chi connectivity index (χ4n) is 2.94. The summed E-state index contributed by atoms with van der Waals surface area (Å²) in [5.41, 5.74) is 4.54. The Hall–Kier alpha value is -1.20. The Morgan fingerprint density at radius 1 is 1.26 bits per heavy atom. The van der Waals surface area contributed by atoms with E-state index in [4.69, 9.17) is 4.99 Å². The van der Waals surface area contributed by atoms with Gasteiger partial charge in [-0.15, -0.1) is 0 Å². The standard InChI is InChI=1S/C18H29N3OS/c1-5-19-17(21-11-18(22)6-7-23-12-18)20-10-16-14(3)8-13(2)9-15(16)4/h8-9,22H,5-7,10-12H2,1-4H3,(H2,19,20,21). The Bertz CT molecular complexity index is 542. The molecule has 1 heterocycles. The molecule has 0 aromatic heterocycles. The van der Waals surface area contributed by atoms with Crippen molar-refractivity contribution >= 4 is 17.7 Å². The highest BCUT2D eigenvalue weighted by atomic mass is 32.2. The molecule has 0 radical (unpaired) electrons. The first-order valence-corrected chi connectivity index (χ1v) is 9.48. The monoisotopic (exact) mass is 335 g/mol. The summed E-state index contributed by atoms with van der Waals surface area (Å²) in [7, 11) is 0. The minimum atomic E-state index is -0.601. The van der Waals surface area contributed by atoms with E-state index in [9.17, 15) is 5.11 Å². The molecule has 5 heteroatoms. The molecule has 1 saturated heterocycles. The SMILES string of the molecule is CCNC(=NCc1c(C)cc(C)cc1C)NCC1(O)CCSC1. The van der Waals surface area contributed by atoms with Gasteiger partial charge >= 0.3 is 0 Å². The normalized spacial score (nSPS) is 21.5. The Morgan fingerprint density at radius 2 is 1.96 bits per heavy atom. The lowest BCUT2D eigenvalue weighted by atomic mass is 10.00. The van der Waals surface area contributed by atoms with Crippen molar-refractivity contribution in [1.29, 1.82) is 0 Å². The molecular formula is C18H29N3OS. The molecule has 0 aliphatic carbocycles. The number of hydrogen-bond acceptors (Lipinski definition) is 3. The zero-order valence-corrected chi connectivity index (χ0v) is 15.5. The number of hydrogen-bond donors (Lipinski definition) is 3. The second kappa shape index (κ2) is 8.06. The van der Waals surface area contributed by atoms with Crippen LogP contribution in [-0.2, 0) is 6.54 Å². The Labute approximate surface area is 144 Å². The largest absolute Gasteiger partial charge is 0.387 e. The van der Waals surface area contributed by atoms with Gasteiger partial charge in [0, 0.05) is 18.8 Å². The lowest BCUT2D eigenvalue weighted by Gasteiger charge is -2.23. The number of guanidine groups is 1. The predicted octanol–water partition coefficient (Wildman–Crippen LogP) is 2.53. The second-order valence-corrected chi connectivity index (χ2v) is 7.56. The second-order valence-electron chi connectivity index (χ2n) is 6.45. The van der Waals surface area contributed by atoms with Crippen molar-refractivity contribution in [2.45, 2.75) is 46.3 Å². The van der Waals surface area contributed by atoms with Crippen LogP contribution in [0.2, 0.25) is 0 Å². The van der Waals surface area contributed by atoms with E-state index in [1.54, 1.807) is 0 Å². The quantitative estimate of drug-likeness (QED) is 0.572. The summed E-state index contributed by atoms with van der Waals surface area (Å²) in [6.07, 6.45) is 0.847. The average molecular weight is 336 g/mol. The maximum atomic E-state index is 10.4. The summed E-state index contributed by atoms with van der Waals surface area (Å²) >= 11 is 1.81. The molecule has 1 fully saturated rings. The summed E-state index contributed by atoms with van der Waals surface area (Å²) in [4.78, 5) is 4.70. The molecule has 23 heavy (non-hydrogen) atoms. The zero-order chi connectivity index (χ0) is 16.9. The molecule has 0 bridgehead atoms. The maximum Gasteiger partial charge on any atom is 0.191 e. The van der Waals surface area contributed by atoms with Crippen molar-refractivity contribution in [3.05, 3.63) is 34.4 Å². The van der Waals surface area contributed by atoms with Crippen LogP contribution in [0.25, 0.3) is 0 Å². The number of benzene rings is 1. The molecule has 0 saturated carbocycles. The third kappa shape index (κ3) is 5.15. The fraction of sp³-hybridized carbons (Fsp3) is 0.611. The molecular weight excluding hydrogens is 306 g/mol. The van der Waals surface area contributed by atoms with Gasteiger partial charge in [-0.25, -0.2) is 4.99 Å². The summed E-state index contributed by atoms with van der Waals surface area (Å²) in [5.74, 6) is 2.61. The van der Waals surface area contributed by atoms with Crippen LogP contribution in [0.1, 0.15) is 35.6 Å². The van der Waals surface area contributed by atoms with Gasteiger partial charge in [-0.2, -0.15) is 11.8 Å². The minimum Gasteiger partial charge on any atom is -0.387 e. The van der Waals surface area contributed by atoms with E-state index >= 15 is 0 Å². The van der Waals surface area contributed by atoms with Gasteiger partial charge in [0.25, 0.3) is 0 Å². The summed E-state index contributed by atoms with van der Waals surface area (Å²) < 4.78 is 0. The van der Waals surface area contributed by atoms with Crippen molar-refractivity contribution < 1.29 is 5.11 Å². The topological polar surface area (TPSA) is 56.7 Å². The number of aryl methyl sites for hydroxylation is 3. The van der Waals surface area contributed by atoms with Gasteiger partial charge in [-0.1, -0.05) is 17.7 Å². The van der Waals surface area contributed by atoms with Gasteiger partial charge in [0.2, 0.25) is 0 Å². The lowest BCUT2D eigenvalue weighted by molar-refractivity contribution is 0.0724. The first-order valence-electron chi connectivity index (χ1n) is 8.32. The summed E-state index contributed by atoms with van der Waals surface area (Å²) in [6.45, 7) is 10.5. The summed E-state index contributed by atoms with van der Waals surface area (Å²) in [5, 5.41) is 17.0. The smallest absolute Gasteiger partial charge is 0.191 e. The van der Waals surface area contributed by atoms with Crippen molar-refractivity contribution in [2.75, 3.05) is 24.6 Å². The van der Waals surface area contributed by atoms with Crippen molar-refractivity contribution in [3.8, 4) is 0 Å². The molecule has 1 aliphatic heterocycles. The molecule has 4 nitrogen and oxygen atoms in total. The third-order valence-electron chi connectivity index (χ3n) is 4.25. The molecule has 2 rings (SSSR count). The van der Waals surface area contributed by atoms with Crippen LogP contribution in [0.4, 0.5) is 0 Å². The summed E-state index contributed by atoms with van der Waals surface area (Å²) in [6, 6.07) is 4.41. The van der Waals surface area contributed by atoms with Crippen LogP contribution >= 0.6 is 11.8 Å². The van der Waals surface area contributed by atoms with Crippen molar-refractivity contribution in [3.63, 3.8) is 0 Å². The van der Waals surface area contributed by atoms with E-state index < -0.39 is 5.60 Å². The molecule has 1 atom stereocenters. The van der Waals surface area contributed by atoms with Gasteiger partial charge in [-0.3, -0.25) is 0 Å². The zero-order valence-electron chi connectivity index (χ0n) is 14.7. The highest BCUT2D eigenvalue weighted by Crippen LogP contribution is 2.26. The van der Waals surface area contributed by atoms with Gasteiger partial charge in [-0.05, 0) is 56.6 Å². The molecule has 128 valence electrons. The molecule has 3 N–H and O–H groups in total. The minimum absolute atomic E-state index is 0.553. The van der Waals surface area contributed by atoms with E-state index in [2.05, 4.69) is 50.5 Å². The molecule has 1 aromatic carbocycles. The molecule has 1 aliphatic rings. The first-order chi connectivity index (χ1) is 10.9. The predicted molar refractivity (Wildman–Crippen MR) is 100 cm³/mol. The van der Waals surface area contributed by atoms with Crippen LogP contribution in [-0.4, -0.2) is 41.3 Å². The lowest BCUT2D eigenvalue weighted by Crippen LogP contribution is -2.47. The van der Waals surface area contributed by atoms with Crippen LogP contribution < -0.4 is 10.6 Å². The third-order valence-corrected chi connectivity index (χ3v) is 5.48. The molecule has 1 unspecified atom stereocenters. The van der Waals surface area contributed by atoms with Gasteiger partial charge in [0.15, 0.2) is 5.96 Å². The van der Waals surface area contributed by atoms with E-state index in [1.165, 1.54) is 22.3 Å². The van der Waals surface area contributed by atoms with E-state index in [-0.39, 0.29) is 0 Å². The van der Waals surface area contributed by atoms with Crippen LogP contribution in [0.3, 0.4) is 0 Å². The van der Waals surface area contributed by atoms with Crippen LogP contribution in [0.15, 0.2) is 17.1 Å². The Balaban J connectivity index is 2.04. The van der Waals surface area contributed by atoms with Gasteiger partial charge in [0.05, 0.1) is 12.1 Å². The number of nitrogens with zero attached hydrogens (tertiary/aromatic N) is 1. The number of nitrogens with one attached hydrogen (secondary N) is 2. The van der Waals surface area contributed by atoms with Crippen LogP contribution in [0, 0.1) is 20.8 Å². The first kappa shape index (κ1) is 18.1. The highest BCUT2D eigenvalue weighted by molar-refractivity contribution is 7.99. The number of aliphatic imine (C=N–C) groups is 1. The number of thioether (sulfide) groups is 1. The Morgan fingerprint density at radius 3 is 2.52 bits per heavy atom. The average Bonchev–Trinajstić information content (AvgIpc) is 2.90. The molecule has 0 spiro atoms.